The topological polar surface area (TPSA) is 50.9 Å². The summed E-state index contributed by atoms with van der Waals surface area (Å²) in [6.07, 6.45) is 4.58. The summed E-state index contributed by atoms with van der Waals surface area (Å²) in [6.45, 7) is 2.13. The molecule has 0 aliphatic carbocycles. The van der Waals surface area contributed by atoms with Crippen molar-refractivity contribution in [3.63, 3.8) is 0 Å². The molecule has 0 aliphatic rings. The van der Waals surface area contributed by atoms with Gasteiger partial charge in [0.15, 0.2) is 0 Å². The van der Waals surface area contributed by atoms with Crippen LogP contribution in [0.25, 0.3) is 10.8 Å². The summed E-state index contributed by atoms with van der Waals surface area (Å²) in [6, 6.07) is 16.8. The predicted octanol–water partition coefficient (Wildman–Crippen LogP) is 3.29. The third-order valence-corrected chi connectivity index (χ3v) is 3.98. The van der Waals surface area contributed by atoms with Crippen LogP contribution in [-0.4, -0.2) is 4.98 Å². The van der Waals surface area contributed by atoms with E-state index in [0.717, 1.165) is 11.8 Å². The van der Waals surface area contributed by atoms with Crippen molar-refractivity contribution in [2.75, 3.05) is 0 Å². The highest BCUT2D eigenvalue weighted by Gasteiger charge is 2.14. The zero-order valence-electron chi connectivity index (χ0n) is 12.1. The van der Waals surface area contributed by atoms with E-state index in [1.54, 1.807) is 0 Å². The molecule has 106 valence electrons. The Morgan fingerprint density at radius 2 is 1.95 bits per heavy atom. The highest BCUT2D eigenvalue weighted by molar-refractivity contribution is 5.85. The minimum Gasteiger partial charge on any atom is -0.271 e. The molecule has 1 aromatic heterocycles. The lowest BCUT2D eigenvalue weighted by Gasteiger charge is -2.19. The predicted molar refractivity (Wildman–Crippen MR) is 86.7 cm³/mol. The number of nitrogens with one attached hydrogen (secondary N) is 1. The van der Waals surface area contributed by atoms with Gasteiger partial charge in [-0.25, -0.2) is 0 Å². The maximum Gasteiger partial charge on any atom is 0.0506 e. The molecular formula is C18H19N3. The van der Waals surface area contributed by atoms with Gasteiger partial charge < -0.3 is 0 Å². The van der Waals surface area contributed by atoms with Crippen LogP contribution in [0, 0.1) is 6.92 Å². The number of pyridine rings is 1. The molecule has 3 rings (SSSR count). The van der Waals surface area contributed by atoms with Crippen LogP contribution in [0.5, 0.6) is 0 Å². The second-order valence-corrected chi connectivity index (χ2v) is 5.29. The van der Waals surface area contributed by atoms with Crippen LogP contribution >= 0.6 is 0 Å². The van der Waals surface area contributed by atoms with Crippen molar-refractivity contribution >= 4 is 10.8 Å². The van der Waals surface area contributed by atoms with E-state index in [9.17, 15) is 0 Å². The van der Waals surface area contributed by atoms with Crippen molar-refractivity contribution < 1.29 is 0 Å². The van der Waals surface area contributed by atoms with Gasteiger partial charge in [-0.2, -0.15) is 0 Å². The number of benzene rings is 2. The maximum absolute atomic E-state index is 5.83. The van der Waals surface area contributed by atoms with Gasteiger partial charge in [-0.15, -0.1) is 0 Å². The summed E-state index contributed by atoms with van der Waals surface area (Å²) in [5.41, 5.74) is 6.78. The van der Waals surface area contributed by atoms with Gasteiger partial charge in [0.2, 0.25) is 0 Å². The van der Waals surface area contributed by atoms with Crippen LogP contribution < -0.4 is 11.3 Å². The summed E-state index contributed by atoms with van der Waals surface area (Å²) in [7, 11) is 0. The lowest BCUT2D eigenvalue weighted by molar-refractivity contribution is 0.554. The Morgan fingerprint density at radius 3 is 2.76 bits per heavy atom. The fourth-order valence-corrected chi connectivity index (χ4v) is 2.77. The van der Waals surface area contributed by atoms with E-state index in [1.807, 2.05) is 18.5 Å². The Morgan fingerprint density at radius 1 is 1.10 bits per heavy atom. The number of aromatic nitrogens is 1. The van der Waals surface area contributed by atoms with Crippen molar-refractivity contribution in [3.05, 3.63) is 77.6 Å². The van der Waals surface area contributed by atoms with Gasteiger partial charge in [0, 0.05) is 17.8 Å². The van der Waals surface area contributed by atoms with Crippen molar-refractivity contribution in [1.29, 1.82) is 0 Å². The Hall–Kier alpha value is -2.23. The van der Waals surface area contributed by atoms with Gasteiger partial charge in [-0.3, -0.25) is 16.3 Å². The number of hydrazine groups is 1. The zero-order valence-corrected chi connectivity index (χ0v) is 12.1. The number of aryl methyl sites for hydroxylation is 1. The maximum atomic E-state index is 5.83. The highest BCUT2D eigenvalue weighted by Crippen LogP contribution is 2.26. The van der Waals surface area contributed by atoms with E-state index in [1.165, 1.54) is 22.1 Å². The van der Waals surface area contributed by atoms with Crippen LogP contribution in [0.1, 0.15) is 22.7 Å². The van der Waals surface area contributed by atoms with E-state index >= 15 is 0 Å². The van der Waals surface area contributed by atoms with E-state index in [-0.39, 0.29) is 6.04 Å². The molecule has 0 fully saturated rings. The zero-order chi connectivity index (χ0) is 14.7. The summed E-state index contributed by atoms with van der Waals surface area (Å²) >= 11 is 0. The fourth-order valence-electron chi connectivity index (χ4n) is 2.77. The first-order chi connectivity index (χ1) is 10.3. The first-order valence-corrected chi connectivity index (χ1v) is 7.13. The molecule has 0 amide bonds. The Labute approximate surface area is 124 Å². The third kappa shape index (κ3) is 2.79. The normalized spacial score (nSPS) is 12.5. The van der Waals surface area contributed by atoms with Gasteiger partial charge >= 0.3 is 0 Å². The van der Waals surface area contributed by atoms with Crippen molar-refractivity contribution in [3.8, 4) is 0 Å². The highest BCUT2D eigenvalue weighted by atomic mass is 15.2. The van der Waals surface area contributed by atoms with Gasteiger partial charge in [-0.05, 0) is 41.5 Å². The molecule has 0 aliphatic heterocycles. The molecule has 21 heavy (non-hydrogen) atoms. The number of fused-ring (bicyclic) bond motifs is 1. The van der Waals surface area contributed by atoms with Crippen molar-refractivity contribution in [2.45, 2.75) is 19.4 Å². The molecule has 3 heteroatoms. The van der Waals surface area contributed by atoms with E-state index < -0.39 is 0 Å². The standard InChI is InChI=1S/C18H19N3/c1-13-5-2-3-6-14(13)11-18(21-19)17-8-4-7-15-12-20-10-9-16(15)17/h2-10,12,18,21H,11,19H2,1H3. The molecular weight excluding hydrogens is 258 g/mol. The molecule has 2 aromatic carbocycles. The smallest absolute Gasteiger partial charge is 0.0506 e. The number of nitrogens with zero attached hydrogens (tertiary/aromatic N) is 1. The Bertz CT molecular complexity index is 747. The fraction of sp³-hybridized carbons (Fsp3) is 0.167. The average molecular weight is 277 g/mol. The monoisotopic (exact) mass is 277 g/mol. The van der Waals surface area contributed by atoms with Gasteiger partial charge in [0.05, 0.1) is 6.04 Å². The Balaban J connectivity index is 2.01. The summed E-state index contributed by atoms with van der Waals surface area (Å²) in [5, 5.41) is 2.34. The van der Waals surface area contributed by atoms with Crippen LogP contribution in [0.3, 0.4) is 0 Å². The first-order valence-electron chi connectivity index (χ1n) is 7.13. The molecule has 0 saturated carbocycles. The molecule has 0 saturated heterocycles. The lowest BCUT2D eigenvalue weighted by Crippen LogP contribution is -2.30. The van der Waals surface area contributed by atoms with E-state index in [0.29, 0.717) is 0 Å². The summed E-state index contributed by atoms with van der Waals surface area (Å²) in [4.78, 5) is 4.19. The molecule has 3 N–H and O–H groups in total. The number of rotatable bonds is 4. The third-order valence-electron chi connectivity index (χ3n) is 3.98. The molecule has 1 atom stereocenters. The van der Waals surface area contributed by atoms with E-state index in [4.69, 9.17) is 5.84 Å². The van der Waals surface area contributed by atoms with Gasteiger partial charge in [-0.1, -0.05) is 42.5 Å². The number of hydrogen-bond acceptors (Lipinski definition) is 3. The lowest BCUT2D eigenvalue weighted by atomic mass is 9.93. The summed E-state index contributed by atoms with van der Waals surface area (Å²) < 4.78 is 0. The molecule has 3 nitrogen and oxygen atoms in total. The minimum atomic E-state index is 0.0807. The molecule has 3 aromatic rings. The number of nitrogens with two attached hydrogens (primary N) is 1. The van der Waals surface area contributed by atoms with Gasteiger partial charge in [0.25, 0.3) is 0 Å². The quantitative estimate of drug-likeness (QED) is 0.568. The van der Waals surface area contributed by atoms with Crippen LogP contribution in [0.2, 0.25) is 0 Å². The second-order valence-electron chi connectivity index (χ2n) is 5.29. The molecule has 1 unspecified atom stereocenters. The number of hydrogen-bond donors (Lipinski definition) is 2. The van der Waals surface area contributed by atoms with Crippen LogP contribution in [0.4, 0.5) is 0 Å². The molecule has 0 radical (unpaired) electrons. The average Bonchev–Trinajstić information content (AvgIpc) is 2.54. The summed E-state index contributed by atoms with van der Waals surface area (Å²) in [5.74, 6) is 5.83. The first kappa shape index (κ1) is 13.7. The van der Waals surface area contributed by atoms with Crippen LogP contribution in [0.15, 0.2) is 60.9 Å². The van der Waals surface area contributed by atoms with Crippen molar-refractivity contribution in [2.24, 2.45) is 5.84 Å². The second kappa shape index (κ2) is 6.04. The Kier molecular flexibility index (Phi) is 3.95. The van der Waals surface area contributed by atoms with E-state index in [2.05, 4.69) is 59.8 Å². The minimum absolute atomic E-state index is 0.0807. The van der Waals surface area contributed by atoms with Crippen molar-refractivity contribution in [1.82, 2.24) is 10.4 Å². The SMILES string of the molecule is Cc1ccccc1CC(NN)c1cccc2cnccc12. The molecule has 1 heterocycles. The molecule has 0 spiro atoms. The largest absolute Gasteiger partial charge is 0.271 e. The van der Waals surface area contributed by atoms with Crippen LogP contribution in [-0.2, 0) is 6.42 Å². The molecule has 0 bridgehead atoms. The van der Waals surface area contributed by atoms with Gasteiger partial charge in [0.1, 0.15) is 0 Å².